The fourth-order valence-electron chi connectivity index (χ4n) is 1.60. The number of aromatic hydroxyl groups is 1. The maximum atomic E-state index is 9.75. The Morgan fingerprint density at radius 1 is 1.07 bits per heavy atom. The smallest absolute Gasteiger partial charge is 0.146 e. The molecule has 0 heterocycles. The predicted octanol–water partition coefficient (Wildman–Crippen LogP) is 2.74. The van der Waals surface area contributed by atoms with Crippen molar-refractivity contribution in [3.8, 4) is 5.75 Å². The number of anilines is 1. The number of fused-ring (bicyclic) bond motifs is 1. The number of nitrogen functional groups attached to an aromatic ring is 1. The van der Waals surface area contributed by atoms with Gasteiger partial charge < -0.3 is 10.8 Å². The fourth-order valence-corrected chi connectivity index (χ4v) is 1.60. The molecule has 0 amide bonds. The van der Waals surface area contributed by atoms with Gasteiger partial charge in [0.25, 0.3) is 0 Å². The molecule has 3 N–H and O–H groups in total. The van der Waals surface area contributed by atoms with Crippen molar-refractivity contribution in [3.63, 3.8) is 0 Å². The van der Waals surface area contributed by atoms with E-state index in [-0.39, 0.29) is 5.75 Å². The molecule has 0 atom stereocenters. The largest absolute Gasteiger partial charge is 0.505 e. The molecule has 14 heavy (non-hydrogen) atoms. The van der Waals surface area contributed by atoms with Gasteiger partial charge in [-0.05, 0) is 42.5 Å². The topological polar surface area (TPSA) is 46.2 Å². The number of phenolic OH excluding ortho intramolecular Hbond substituents is 1. The first kappa shape index (κ1) is 8.88. The van der Waals surface area contributed by atoms with Crippen molar-refractivity contribution in [1.82, 2.24) is 0 Å². The van der Waals surface area contributed by atoms with Gasteiger partial charge in [-0.1, -0.05) is 12.1 Å². The van der Waals surface area contributed by atoms with Crippen LogP contribution in [0, 0.1) is 13.8 Å². The average Bonchev–Trinajstić information content (AvgIpc) is 2.15. The zero-order valence-electron chi connectivity index (χ0n) is 8.33. The van der Waals surface area contributed by atoms with Crippen molar-refractivity contribution in [1.29, 1.82) is 0 Å². The van der Waals surface area contributed by atoms with E-state index in [1.54, 1.807) is 6.07 Å². The van der Waals surface area contributed by atoms with Crippen molar-refractivity contribution in [2.75, 3.05) is 5.73 Å². The Labute approximate surface area is 83.0 Å². The van der Waals surface area contributed by atoms with Crippen molar-refractivity contribution in [2.45, 2.75) is 13.8 Å². The molecule has 0 aliphatic heterocycles. The zero-order chi connectivity index (χ0) is 10.3. The summed E-state index contributed by atoms with van der Waals surface area (Å²) in [6.45, 7) is 4.08. The number of rotatable bonds is 0. The van der Waals surface area contributed by atoms with Gasteiger partial charge in [-0.2, -0.15) is 0 Å². The van der Waals surface area contributed by atoms with Crippen LogP contribution < -0.4 is 5.73 Å². The fraction of sp³-hybridized carbons (Fsp3) is 0.167. The van der Waals surface area contributed by atoms with Crippen LogP contribution in [-0.4, -0.2) is 5.11 Å². The van der Waals surface area contributed by atoms with Gasteiger partial charge >= 0.3 is 0 Å². The van der Waals surface area contributed by atoms with E-state index in [4.69, 9.17) is 5.73 Å². The molecule has 0 aliphatic carbocycles. The van der Waals surface area contributed by atoms with Crippen molar-refractivity contribution in [2.24, 2.45) is 0 Å². The summed E-state index contributed by atoms with van der Waals surface area (Å²) >= 11 is 0. The number of benzene rings is 2. The average molecular weight is 187 g/mol. The molecule has 0 saturated heterocycles. The summed E-state index contributed by atoms with van der Waals surface area (Å²) in [6.07, 6.45) is 0. The van der Waals surface area contributed by atoms with E-state index < -0.39 is 0 Å². The Balaban J connectivity index is 2.89. The Kier molecular flexibility index (Phi) is 1.84. The molecule has 0 fully saturated rings. The summed E-state index contributed by atoms with van der Waals surface area (Å²) in [5.74, 6) is 0.186. The third-order valence-electron chi connectivity index (χ3n) is 2.64. The first-order valence-electron chi connectivity index (χ1n) is 4.58. The van der Waals surface area contributed by atoms with Gasteiger partial charge in [0.1, 0.15) is 5.75 Å². The highest BCUT2D eigenvalue weighted by atomic mass is 16.3. The summed E-state index contributed by atoms with van der Waals surface area (Å²) in [6, 6.07) is 7.68. The van der Waals surface area contributed by atoms with Crippen LogP contribution in [0.25, 0.3) is 10.8 Å². The maximum absolute atomic E-state index is 9.75. The Morgan fingerprint density at radius 2 is 1.71 bits per heavy atom. The van der Waals surface area contributed by atoms with Crippen LogP contribution in [0.3, 0.4) is 0 Å². The van der Waals surface area contributed by atoms with Gasteiger partial charge in [-0.3, -0.25) is 0 Å². The highest BCUT2D eigenvalue weighted by molar-refractivity contribution is 5.93. The van der Waals surface area contributed by atoms with Gasteiger partial charge in [0.2, 0.25) is 0 Å². The number of nitrogens with two attached hydrogens (primary N) is 1. The SMILES string of the molecule is Cc1cc2ccc(N)c(O)c2cc1C. The minimum Gasteiger partial charge on any atom is -0.505 e. The molecule has 0 aromatic heterocycles. The van der Waals surface area contributed by atoms with Crippen LogP contribution in [0.4, 0.5) is 5.69 Å². The first-order chi connectivity index (χ1) is 6.59. The highest BCUT2D eigenvalue weighted by Crippen LogP contribution is 2.32. The molecule has 0 spiro atoms. The van der Waals surface area contributed by atoms with Crippen LogP contribution in [-0.2, 0) is 0 Å². The molecule has 72 valence electrons. The minimum atomic E-state index is 0.186. The third-order valence-corrected chi connectivity index (χ3v) is 2.64. The van der Waals surface area contributed by atoms with Gasteiger partial charge in [0, 0.05) is 5.39 Å². The summed E-state index contributed by atoms with van der Waals surface area (Å²) in [5, 5.41) is 11.6. The highest BCUT2D eigenvalue weighted by Gasteiger charge is 2.04. The first-order valence-corrected chi connectivity index (χ1v) is 4.58. The summed E-state index contributed by atoms with van der Waals surface area (Å²) in [5.41, 5.74) is 8.44. The van der Waals surface area contributed by atoms with Crippen molar-refractivity contribution in [3.05, 3.63) is 35.4 Å². The second-order valence-corrected chi connectivity index (χ2v) is 3.66. The molecule has 2 rings (SSSR count). The maximum Gasteiger partial charge on any atom is 0.146 e. The molecule has 0 radical (unpaired) electrons. The quantitative estimate of drug-likeness (QED) is 0.492. The van der Waals surface area contributed by atoms with Crippen LogP contribution in [0.15, 0.2) is 24.3 Å². The van der Waals surface area contributed by atoms with E-state index in [1.165, 1.54) is 11.1 Å². The molecule has 0 bridgehead atoms. The van der Waals surface area contributed by atoms with Gasteiger partial charge in [-0.25, -0.2) is 0 Å². The van der Waals surface area contributed by atoms with Crippen LogP contribution in [0.5, 0.6) is 5.75 Å². The van der Waals surface area contributed by atoms with E-state index >= 15 is 0 Å². The van der Waals surface area contributed by atoms with Crippen LogP contribution >= 0.6 is 0 Å². The Morgan fingerprint density at radius 3 is 2.43 bits per heavy atom. The normalized spacial score (nSPS) is 10.7. The Bertz CT molecular complexity index is 503. The molecule has 2 aromatic carbocycles. The number of hydrogen-bond acceptors (Lipinski definition) is 2. The molecule has 2 nitrogen and oxygen atoms in total. The molecule has 2 aromatic rings. The molecular weight excluding hydrogens is 174 g/mol. The minimum absolute atomic E-state index is 0.186. The van der Waals surface area contributed by atoms with Crippen LogP contribution in [0.1, 0.15) is 11.1 Å². The lowest BCUT2D eigenvalue weighted by molar-refractivity contribution is 0.484. The second kappa shape index (κ2) is 2.91. The predicted molar refractivity (Wildman–Crippen MR) is 59.5 cm³/mol. The summed E-state index contributed by atoms with van der Waals surface area (Å²) in [7, 11) is 0. The lowest BCUT2D eigenvalue weighted by Crippen LogP contribution is -1.88. The third kappa shape index (κ3) is 1.20. The van der Waals surface area contributed by atoms with E-state index in [2.05, 4.69) is 13.0 Å². The zero-order valence-corrected chi connectivity index (χ0v) is 8.33. The monoisotopic (exact) mass is 187 g/mol. The van der Waals surface area contributed by atoms with E-state index in [0.717, 1.165) is 10.8 Å². The number of hydrogen-bond donors (Lipinski definition) is 2. The van der Waals surface area contributed by atoms with E-state index in [0.29, 0.717) is 5.69 Å². The number of aryl methyl sites for hydroxylation is 2. The lowest BCUT2D eigenvalue weighted by Gasteiger charge is -2.07. The molecule has 0 aliphatic rings. The van der Waals surface area contributed by atoms with E-state index in [1.807, 2.05) is 19.1 Å². The molecule has 2 heteroatoms. The Hall–Kier alpha value is -1.70. The summed E-state index contributed by atoms with van der Waals surface area (Å²) in [4.78, 5) is 0. The van der Waals surface area contributed by atoms with Crippen molar-refractivity contribution < 1.29 is 5.11 Å². The van der Waals surface area contributed by atoms with Crippen LogP contribution in [0.2, 0.25) is 0 Å². The number of phenols is 1. The van der Waals surface area contributed by atoms with Gasteiger partial charge in [-0.15, -0.1) is 0 Å². The molecular formula is C12H13NO. The lowest BCUT2D eigenvalue weighted by atomic mass is 10.0. The second-order valence-electron chi connectivity index (χ2n) is 3.66. The standard InChI is InChI=1S/C12H13NO/c1-7-5-9-3-4-11(13)12(14)10(9)6-8(7)2/h3-6,14H,13H2,1-2H3. The molecule has 0 saturated carbocycles. The van der Waals surface area contributed by atoms with Crippen molar-refractivity contribution >= 4 is 16.5 Å². The summed E-state index contributed by atoms with van der Waals surface area (Å²) < 4.78 is 0. The molecule has 0 unspecified atom stereocenters. The van der Waals surface area contributed by atoms with E-state index in [9.17, 15) is 5.11 Å². The van der Waals surface area contributed by atoms with Gasteiger partial charge in [0.15, 0.2) is 0 Å². The van der Waals surface area contributed by atoms with Gasteiger partial charge in [0.05, 0.1) is 5.69 Å².